The number of thiocarbonyl (C=S) groups is 1. The van der Waals surface area contributed by atoms with Crippen molar-refractivity contribution in [2.24, 2.45) is 0 Å². The quantitative estimate of drug-likeness (QED) is 0.447. The van der Waals surface area contributed by atoms with Crippen LogP contribution in [0.5, 0.6) is 0 Å². The van der Waals surface area contributed by atoms with E-state index in [1.165, 1.54) is 18.2 Å². The monoisotopic (exact) mass is 336 g/mol. The van der Waals surface area contributed by atoms with Gasteiger partial charge in [0.1, 0.15) is 0 Å². The van der Waals surface area contributed by atoms with E-state index in [9.17, 15) is 10.1 Å². The molecule has 22 heavy (non-hydrogen) atoms. The van der Waals surface area contributed by atoms with Gasteiger partial charge in [-0.3, -0.25) is 21.0 Å². The van der Waals surface area contributed by atoms with Crippen molar-refractivity contribution in [2.45, 2.75) is 6.92 Å². The number of benzene rings is 2. The molecule has 0 saturated heterocycles. The van der Waals surface area contributed by atoms with E-state index in [4.69, 9.17) is 23.8 Å². The highest BCUT2D eigenvalue weighted by atomic mass is 35.5. The van der Waals surface area contributed by atoms with Crippen LogP contribution in [-0.4, -0.2) is 10.0 Å². The molecule has 0 atom stereocenters. The minimum Gasteiger partial charge on any atom is -0.330 e. The van der Waals surface area contributed by atoms with Crippen LogP contribution in [0.4, 0.5) is 17.1 Å². The van der Waals surface area contributed by atoms with Gasteiger partial charge in [0.25, 0.3) is 5.69 Å². The minimum atomic E-state index is -0.496. The molecule has 0 aliphatic heterocycles. The Morgan fingerprint density at radius 2 is 1.95 bits per heavy atom. The largest absolute Gasteiger partial charge is 0.330 e. The summed E-state index contributed by atoms with van der Waals surface area (Å²) < 4.78 is 0. The molecular formula is C14H13ClN4O2S. The van der Waals surface area contributed by atoms with Gasteiger partial charge in [-0.15, -0.1) is 0 Å². The molecule has 0 spiro atoms. The lowest BCUT2D eigenvalue weighted by Crippen LogP contribution is -2.33. The van der Waals surface area contributed by atoms with Gasteiger partial charge in [0.05, 0.1) is 21.3 Å². The SMILES string of the molecule is Cc1ccccc1NNC(=S)Nc1cc([N+](=O)[O-])ccc1Cl. The number of hydrazine groups is 1. The van der Waals surface area contributed by atoms with E-state index in [2.05, 4.69) is 16.2 Å². The average molecular weight is 337 g/mol. The van der Waals surface area contributed by atoms with Crippen molar-refractivity contribution in [1.82, 2.24) is 5.43 Å². The summed E-state index contributed by atoms with van der Waals surface area (Å²) in [5.74, 6) is 0. The highest BCUT2D eigenvalue weighted by Gasteiger charge is 2.10. The maximum atomic E-state index is 10.8. The van der Waals surface area contributed by atoms with E-state index in [1.807, 2.05) is 31.2 Å². The Bertz CT molecular complexity index is 724. The van der Waals surface area contributed by atoms with Crippen LogP contribution in [-0.2, 0) is 0 Å². The zero-order valence-electron chi connectivity index (χ0n) is 11.6. The zero-order chi connectivity index (χ0) is 16.1. The molecule has 2 aromatic carbocycles. The molecule has 0 unspecified atom stereocenters. The smallest absolute Gasteiger partial charge is 0.271 e. The summed E-state index contributed by atoms with van der Waals surface area (Å²) in [6.07, 6.45) is 0. The molecule has 0 bridgehead atoms. The van der Waals surface area contributed by atoms with Gasteiger partial charge in [0.15, 0.2) is 5.11 Å². The molecule has 0 saturated carbocycles. The molecule has 2 aromatic rings. The number of rotatable bonds is 4. The van der Waals surface area contributed by atoms with E-state index in [0.29, 0.717) is 10.7 Å². The van der Waals surface area contributed by atoms with Crippen LogP contribution in [0.25, 0.3) is 0 Å². The third-order valence-electron chi connectivity index (χ3n) is 2.86. The van der Waals surface area contributed by atoms with Crippen molar-refractivity contribution in [2.75, 3.05) is 10.7 Å². The first-order valence-electron chi connectivity index (χ1n) is 6.30. The standard InChI is InChI=1S/C14H13ClN4O2S/c1-9-4-2-3-5-12(9)17-18-14(22)16-13-8-10(19(20)21)6-7-11(13)15/h2-8,17H,1H3,(H2,16,18,22). The van der Waals surface area contributed by atoms with Crippen LogP contribution in [0, 0.1) is 17.0 Å². The van der Waals surface area contributed by atoms with Crippen molar-refractivity contribution in [1.29, 1.82) is 0 Å². The van der Waals surface area contributed by atoms with Crippen molar-refractivity contribution >= 4 is 46.0 Å². The number of hydrogen-bond acceptors (Lipinski definition) is 4. The number of nitro groups is 1. The van der Waals surface area contributed by atoms with Crippen molar-refractivity contribution in [3.05, 3.63) is 63.2 Å². The van der Waals surface area contributed by atoms with Gasteiger partial charge in [-0.05, 0) is 36.8 Å². The Morgan fingerprint density at radius 1 is 1.23 bits per heavy atom. The first-order valence-corrected chi connectivity index (χ1v) is 7.08. The number of para-hydroxylation sites is 1. The van der Waals surface area contributed by atoms with Gasteiger partial charge in [0.2, 0.25) is 0 Å². The van der Waals surface area contributed by atoms with Crippen LogP contribution < -0.4 is 16.2 Å². The topological polar surface area (TPSA) is 79.2 Å². The number of nitro benzene ring substituents is 1. The summed E-state index contributed by atoms with van der Waals surface area (Å²) in [6.45, 7) is 1.96. The summed E-state index contributed by atoms with van der Waals surface area (Å²) >= 11 is 11.1. The predicted molar refractivity (Wildman–Crippen MR) is 92.3 cm³/mol. The number of anilines is 2. The van der Waals surface area contributed by atoms with Crippen LogP contribution >= 0.6 is 23.8 Å². The number of halogens is 1. The Kier molecular flexibility index (Phi) is 5.13. The fourth-order valence-electron chi connectivity index (χ4n) is 1.71. The first-order chi connectivity index (χ1) is 10.5. The molecule has 3 N–H and O–H groups in total. The molecule has 0 aromatic heterocycles. The lowest BCUT2D eigenvalue weighted by Gasteiger charge is -2.14. The Morgan fingerprint density at radius 3 is 2.64 bits per heavy atom. The molecule has 6 nitrogen and oxygen atoms in total. The Balaban J connectivity index is 2.02. The molecule has 0 amide bonds. The molecule has 0 heterocycles. The van der Waals surface area contributed by atoms with Crippen molar-refractivity contribution in [3.63, 3.8) is 0 Å². The van der Waals surface area contributed by atoms with E-state index in [1.54, 1.807) is 0 Å². The Hall–Kier alpha value is -2.38. The second-order valence-electron chi connectivity index (χ2n) is 4.44. The zero-order valence-corrected chi connectivity index (χ0v) is 13.2. The van der Waals surface area contributed by atoms with Crippen LogP contribution in [0.1, 0.15) is 5.56 Å². The van der Waals surface area contributed by atoms with Gasteiger partial charge >= 0.3 is 0 Å². The highest BCUT2D eigenvalue weighted by Crippen LogP contribution is 2.26. The van der Waals surface area contributed by atoms with Crippen molar-refractivity contribution in [3.8, 4) is 0 Å². The lowest BCUT2D eigenvalue weighted by atomic mass is 10.2. The third kappa shape index (κ3) is 4.06. The molecule has 0 fully saturated rings. The first kappa shape index (κ1) is 16.0. The number of nitrogens with zero attached hydrogens (tertiary/aromatic N) is 1. The summed E-state index contributed by atoms with van der Waals surface area (Å²) in [6, 6.07) is 11.8. The van der Waals surface area contributed by atoms with E-state index >= 15 is 0 Å². The Labute approximate surface area is 137 Å². The summed E-state index contributed by atoms with van der Waals surface area (Å²) in [5.41, 5.74) is 7.98. The average Bonchev–Trinajstić information content (AvgIpc) is 2.48. The third-order valence-corrected chi connectivity index (χ3v) is 3.40. The molecule has 2 rings (SSSR count). The molecule has 0 aliphatic rings. The second kappa shape index (κ2) is 7.06. The molecule has 114 valence electrons. The summed E-state index contributed by atoms with van der Waals surface area (Å²) in [5, 5.41) is 14.2. The van der Waals surface area contributed by atoms with Crippen LogP contribution in [0.15, 0.2) is 42.5 Å². The summed E-state index contributed by atoms with van der Waals surface area (Å²) in [7, 11) is 0. The summed E-state index contributed by atoms with van der Waals surface area (Å²) in [4.78, 5) is 10.3. The van der Waals surface area contributed by atoms with Gasteiger partial charge in [0, 0.05) is 12.1 Å². The second-order valence-corrected chi connectivity index (χ2v) is 5.26. The molecular weight excluding hydrogens is 324 g/mol. The van der Waals surface area contributed by atoms with E-state index in [0.717, 1.165) is 11.3 Å². The molecule has 0 aliphatic carbocycles. The van der Waals surface area contributed by atoms with E-state index in [-0.39, 0.29) is 10.8 Å². The van der Waals surface area contributed by atoms with E-state index < -0.39 is 4.92 Å². The highest BCUT2D eigenvalue weighted by molar-refractivity contribution is 7.80. The minimum absolute atomic E-state index is 0.0680. The number of non-ortho nitro benzene ring substituents is 1. The normalized spacial score (nSPS) is 9.91. The van der Waals surface area contributed by atoms with Crippen molar-refractivity contribution < 1.29 is 4.92 Å². The molecule has 0 radical (unpaired) electrons. The maximum Gasteiger partial charge on any atom is 0.271 e. The fourth-order valence-corrected chi connectivity index (χ4v) is 2.04. The maximum absolute atomic E-state index is 10.8. The number of aryl methyl sites for hydroxylation is 1. The fraction of sp³-hybridized carbons (Fsp3) is 0.0714. The van der Waals surface area contributed by atoms with Gasteiger partial charge in [-0.25, -0.2) is 0 Å². The van der Waals surface area contributed by atoms with Gasteiger partial charge in [-0.1, -0.05) is 29.8 Å². The van der Waals surface area contributed by atoms with Gasteiger partial charge in [-0.2, -0.15) is 0 Å². The van der Waals surface area contributed by atoms with Gasteiger partial charge < -0.3 is 5.32 Å². The predicted octanol–water partition coefficient (Wildman–Crippen LogP) is 3.87. The number of nitrogens with one attached hydrogen (secondary N) is 3. The number of hydrogen-bond donors (Lipinski definition) is 3. The lowest BCUT2D eigenvalue weighted by molar-refractivity contribution is -0.384. The van der Waals surface area contributed by atoms with Crippen LogP contribution in [0.3, 0.4) is 0 Å². The molecule has 8 heteroatoms. The van der Waals surface area contributed by atoms with Crippen LogP contribution in [0.2, 0.25) is 5.02 Å².